The van der Waals surface area contributed by atoms with Crippen LogP contribution >= 0.6 is 27.3 Å². The number of aliphatic hydroxyl groups excluding tert-OH is 1. The van der Waals surface area contributed by atoms with Gasteiger partial charge >= 0.3 is 0 Å². The molecule has 8 nitrogen and oxygen atoms in total. The van der Waals surface area contributed by atoms with Gasteiger partial charge in [0.05, 0.1) is 28.2 Å². The fraction of sp³-hybridized carbons (Fsp3) is 0.636. The lowest BCUT2D eigenvalue weighted by Crippen LogP contribution is -2.57. The molecule has 2 heterocycles. The van der Waals surface area contributed by atoms with Crippen molar-refractivity contribution in [3.05, 3.63) is 41.0 Å². The molecular weight excluding hydrogens is 628 g/mol. The second-order valence-corrected chi connectivity index (χ2v) is 14.4. The number of aromatic nitrogens is 1. The van der Waals surface area contributed by atoms with Crippen LogP contribution in [0, 0.1) is 12.3 Å². The third-order valence-electron chi connectivity index (χ3n) is 8.10. The molecule has 1 fully saturated rings. The molecule has 0 saturated carbocycles. The van der Waals surface area contributed by atoms with Crippen LogP contribution in [0.15, 0.2) is 29.8 Å². The van der Waals surface area contributed by atoms with E-state index in [0.29, 0.717) is 6.42 Å². The zero-order valence-corrected chi connectivity index (χ0v) is 28.7. The highest BCUT2D eigenvalue weighted by Crippen LogP contribution is 2.29. The van der Waals surface area contributed by atoms with Crippen molar-refractivity contribution in [3.63, 3.8) is 0 Å². The highest BCUT2D eigenvalue weighted by atomic mass is 79.9. The maximum Gasteiger partial charge on any atom is 0.246 e. The zero-order valence-electron chi connectivity index (χ0n) is 26.3. The monoisotopic (exact) mass is 676 g/mol. The highest BCUT2D eigenvalue weighted by molar-refractivity contribution is 9.09. The van der Waals surface area contributed by atoms with Crippen LogP contribution in [0.2, 0.25) is 0 Å². The van der Waals surface area contributed by atoms with Gasteiger partial charge in [-0.25, -0.2) is 4.98 Å². The number of nitrogens with one attached hydrogen (secondary N) is 2. The van der Waals surface area contributed by atoms with Gasteiger partial charge in [-0.3, -0.25) is 14.4 Å². The fourth-order valence-corrected chi connectivity index (χ4v) is 6.72. The number of β-amino-alcohol motifs (C(OH)–C–C–N with tert-alkyl or cyclic N) is 1. The quantitative estimate of drug-likeness (QED) is 0.151. The number of amides is 3. The summed E-state index contributed by atoms with van der Waals surface area (Å²) in [6.07, 6.45) is 7.42. The third-order valence-corrected chi connectivity index (χ3v) is 9.64. The van der Waals surface area contributed by atoms with Crippen molar-refractivity contribution >= 4 is 45.0 Å². The maximum absolute atomic E-state index is 13.8. The summed E-state index contributed by atoms with van der Waals surface area (Å²) in [5, 5.41) is 17.5. The van der Waals surface area contributed by atoms with Gasteiger partial charge in [-0.2, -0.15) is 0 Å². The summed E-state index contributed by atoms with van der Waals surface area (Å²) in [5.74, 6) is -0.796. The number of nitrogens with zero attached hydrogens (tertiary/aromatic N) is 2. The molecule has 0 bridgehead atoms. The van der Waals surface area contributed by atoms with E-state index in [1.54, 1.807) is 11.3 Å². The van der Waals surface area contributed by atoms with E-state index in [2.05, 4.69) is 31.5 Å². The molecule has 3 amide bonds. The van der Waals surface area contributed by atoms with Crippen LogP contribution in [-0.4, -0.2) is 62.8 Å². The molecule has 0 spiro atoms. The first kappa shape index (κ1) is 35.2. The van der Waals surface area contributed by atoms with Crippen molar-refractivity contribution in [2.24, 2.45) is 5.41 Å². The van der Waals surface area contributed by atoms with Crippen molar-refractivity contribution in [2.75, 3.05) is 11.9 Å². The molecule has 1 aliphatic rings. The van der Waals surface area contributed by atoms with E-state index in [-0.39, 0.29) is 36.7 Å². The van der Waals surface area contributed by atoms with Crippen molar-refractivity contribution < 1.29 is 19.5 Å². The van der Waals surface area contributed by atoms with E-state index in [4.69, 9.17) is 0 Å². The van der Waals surface area contributed by atoms with E-state index in [1.807, 2.05) is 64.4 Å². The van der Waals surface area contributed by atoms with Crippen molar-refractivity contribution in [1.82, 2.24) is 20.5 Å². The first-order valence-corrected chi connectivity index (χ1v) is 17.6. The molecule has 2 aromatic rings. The number of likely N-dealkylation sites (tertiary alicyclic amines) is 1. The lowest BCUT2D eigenvalue weighted by atomic mass is 9.85. The van der Waals surface area contributed by atoms with Crippen molar-refractivity contribution in [2.45, 2.75) is 117 Å². The lowest BCUT2D eigenvalue weighted by molar-refractivity contribution is -0.144. The molecule has 1 aliphatic heterocycles. The summed E-state index contributed by atoms with van der Waals surface area (Å²) >= 11 is 5.05. The molecule has 1 saturated heterocycles. The van der Waals surface area contributed by atoms with Crippen molar-refractivity contribution in [3.8, 4) is 10.4 Å². The minimum Gasteiger partial charge on any atom is -0.391 e. The Bertz CT molecular complexity index is 1200. The Balaban J connectivity index is 1.58. The standard InChI is InChI=1S/C33H49BrN4O4S/c1-22(24-14-16-25(17-15-24)29-23(2)35-21-43-29)36-31(41)27-19-26(39)20-38(27)32(42)30(33(3,4)5)37-28(40)13-11-9-7-6-8-10-12-18-34/h14-17,21-22,26-27,30,39H,6-13,18-20H2,1-5H3,(H,36,41)(H,37,40)/t22-,26+,27-,30?/m0/s1. The molecule has 0 radical (unpaired) electrons. The SMILES string of the molecule is Cc1ncsc1-c1ccc([C@H](C)NC(=O)[C@@H]2C[C@@H](O)CN2C(=O)C(NC(=O)CCCCCCCCCBr)C(C)(C)C)cc1. The number of alkyl halides is 1. The van der Waals surface area contributed by atoms with Crippen LogP contribution in [0.3, 0.4) is 0 Å². The Hall–Kier alpha value is -2.30. The molecule has 3 rings (SSSR count). The summed E-state index contributed by atoms with van der Waals surface area (Å²) in [4.78, 5) is 47.1. The molecule has 4 atom stereocenters. The molecule has 1 aromatic carbocycles. The maximum atomic E-state index is 13.8. The Morgan fingerprint density at radius 2 is 1.67 bits per heavy atom. The van der Waals surface area contributed by atoms with Crippen LogP contribution in [0.5, 0.6) is 0 Å². The Kier molecular flexibility index (Phi) is 13.6. The van der Waals surface area contributed by atoms with E-state index in [9.17, 15) is 19.5 Å². The van der Waals surface area contributed by atoms with E-state index < -0.39 is 23.6 Å². The van der Waals surface area contributed by atoms with E-state index >= 15 is 0 Å². The molecule has 1 aromatic heterocycles. The molecule has 238 valence electrons. The number of hydrogen-bond acceptors (Lipinski definition) is 6. The molecule has 3 N–H and O–H groups in total. The van der Waals surface area contributed by atoms with Gasteiger partial charge < -0.3 is 20.6 Å². The molecule has 43 heavy (non-hydrogen) atoms. The number of carbonyl (C=O) groups excluding carboxylic acids is 3. The second-order valence-electron chi connectivity index (χ2n) is 12.8. The van der Waals surface area contributed by atoms with Gasteiger partial charge in [0.25, 0.3) is 0 Å². The smallest absolute Gasteiger partial charge is 0.246 e. The fourth-order valence-electron chi connectivity index (χ4n) is 5.51. The first-order valence-electron chi connectivity index (χ1n) is 15.6. The summed E-state index contributed by atoms with van der Waals surface area (Å²) in [5.41, 5.74) is 4.27. The van der Waals surface area contributed by atoms with Gasteiger partial charge in [-0.05, 0) is 43.2 Å². The number of aliphatic hydroxyl groups is 1. The Morgan fingerprint density at radius 1 is 1.05 bits per heavy atom. The first-order chi connectivity index (χ1) is 20.4. The van der Waals surface area contributed by atoms with Crippen LogP contribution in [0.4, 0.5) is 0 Å². The van der Waals surface area contributed by atoms with E-state index in [0.717, 1.165) is 46.3 Å². The van der Waals surface area contributed by atoms with Crippen LogP contribution in [-0.2, 0) is 14.4 Å². The second kappa shape index (κ2) is 16.7. The van der Waals surface area contributed by atoms with Gasteiger partial charge in [0, 0.05) is 24.7 Å². The third kappa shape index (κ3) is 10.4. The minimum absolute atomic E-state index is 0.0612. The molecule has 0 aliphatic carbocycles. The van der Waals surface area contributed by atoms with Gasteiger partial charge in [-0.15, -0.1) is 11.3 Å². The summed E-state index contributed by atoms with van der Waals surface area (Å²) in [6.45, 7) is 9.67. The minimum atomic E-state index is -0.810. The van der Waals surface area contributed by atoms with Gasteiger partial charge in [0.2, 0.25) is 17.7 Å². The van der Waals surface area contributed by atoms with Crippen LogP contribution in [0.1, 0.15) is 103 Å². The van der Waals surface area contributed by atoms with Crippen molar-refractivity contribution in [1.29, 1.82) is 0 Å². The summed E-state index contributed by atoms with van der Waals surface area (Å²) < 4.78 is 0. The average Bonchev–Trinajstić information content (AvgIpc) is 3.57. The number of thiazole rings is 1. The predicted molar refractivity (Wildman–Crippen MR) is 177 cm³/mol. The summed E-state index contributed by atoms with van der Waals surface area (Å²) in [7, 11) is 0. The largest absolute Gasteiger partial charge is 0.391 e. The number of aryl methyl sites for hydroxylation is 1. The Morgan fingerprint density at radius 3 is 2.26 bits per heavy atom. The van der Waals surface area contributed by atoms with Gasteiger partial charge in [-0.1, -0.05) is 93.1 Å². The number of hydrogen-bond donors (Lipinski definition) is 3. The van der Waals surface area contributed by atoms with Crippen LogP contribution < -0.4 is 10.6 Å². The lowest BCUT2D eigenvalue weighted by Gasteiger charge is -2.35. The number of rotatable bonds is 15. The number of carbonyl (C=O) groups is 3. The van der Waals surface area contributed by atoms with Gasteiger partial charge in [0.1, 0.15) is 12.1 Å². The van der Waals surface area contributed by atoms with Crippen LogP contribution in [0.25, 0.3) is 10.4 Å². The van der Waals surface area contributed by atoms with Gasteiger partial charge in [0.15, 0.2) is 0 Å². The average molecular weight is 678 g/mol. The normalized spacial score (nSPS) is 18.3. The number of benzene rings is 1. The predicted octanol–water partition coefficient (Wildman–Crippen LogP) is 6.30. The molecule has 1 unspecified atom stereocenters. The highest BCUT2D eigenvalue weighted by Gasteiger charge is 2.44. The van der Waals surface area contributed by atoms with E-state index in [1.165, 1.54) is 30.6 Å². The summed E-state index contributed by atoms with van der Waals surface area (Å²) in [6, 6.07) is 6.12. The number of halogens is 1. The molecular formula is C33H49BrN4O4S. The zero-order chi connectivity index (χ0) is 31.6. The Labute approximate surface area is 269 Å². The molecule has 10 heteroatoms. The number of unbranched alkanes of at least 4 members (excludes halogenated alkanes) is 6. The topological polar surface area (TPSA) is 112 Å².